The van der Waals surface area contributed by atoms with Crippen LogP contribution in [0.4, 0.5) is 18.9 Å². The fraction of sp³-hybridized carbons (Fsp3) is 0.333. The Balaban J connectivity index is 2.40. The zero-order valence-corrected chi connectivity index (χ0v) is 9.62. The first kappa shape index (κ1) is 13.5. The van der Waals surface area contributed by atoms with Gasteiger partial charge in [-0.15, -0.1) is 0 Å². The summed E-state index contributed by atoms with van der Waals surface area (Å²) in [6, 6.07) is 4.79. The molecule has 0 bridgehead atoms. The fourth-order valence-corrected chi connectivity index (χ4v) is 1.89. The van der Waals surface area contributed by atoms with E-state index in [9.17, 15) is 13.2 Å². The van der Waals surface area contributed by atoms with Gasteiger partial charge in [-0.2, -0.15) is 13.2 Å². The Bertz CT molecular complexity index is 359. The van der Waals surface area contributed by atoms with Crippen LogP contribution in [-0.2, 0) is 4.74 Å². The number of hydrogen-bond acceptors (Lipinski definition) is 3. The number of halogens is 4. The highest BCUT2D eigenvalue weighted by Crippen LogP contribution is 2.29. The molecule has 16 heavy (non-hydrogen) atoms. The van der Waals surface area contributed by atoms with E-state index in [4.69, 9.17) is 17.3 Å². The zero-order valence-electron chi connectivity index (χ0n) is 8.05. The van der Waals surface area contributed by atoms with E-state index in [0.29, 0.717) is 15.6 Å². The molecule has 1 aromatic carbocycles. The molecule has 0 atom stereocenters. The first-order chi connectivity index (χ1) is 7.38. The van der Waals surface area contributed by atoms with Gasteiger partial charge in [-0.05, 0) is 18.2 Å². The summed E-state index contributed by atoms with van der Waals surface area (Å²) >= 11 is 6.88. The molecule has 7 heteroatoms. The van der Waals surface area contributed by atoms with Crippen molar-refractivity contribution in [3.63, 3.8) is 0 Å². The Labute approximate surface area is 99.9 Å². The molecule has 1 rings (SSSR count). The summed E-state index contributed by atoms with van der Waals surface area (Å²) in [6.45, 7) is -1.26. The van der Waals surface area contributed by atoms with Crippen LogP contribution in [0.3, 0.4) is 0 Å². The minimum absolute atomic E-state index is 0.122. The van der Waals surface area contributed by atoms with Crippen molar-refractivity contribution in [3.05, 3.63) is 23.2 Å². The average molecular weight is 272 g/mol. The van der Waals surface area contributed by atoms with E-state index in [-0.39, 0.29) is 5.94 Å². The minimum Gasteiger partial charge on any atom is -0.399 e. The summed E-state index contributed by atoms with van der Waals surface area (Å²) in [5.41, 5.74) is 6.01. The first-order valence-corrected chi connectivity index (χ1v) is 5.57. The van der Waals surface area contributed by atoms with Crippen LogP contribution in [0.1, 0.15) is 0 Å². The molecule has 0 unspecified atom stereocenters. The Morgan fingerprint density at radius 2 is 2.06 bits per heavy atom. The van der Waals surface area contributed by atoms with Crippen molar-refractivity contribution in [2.24, 2.45) is 0 Å². The van der Waals surface area contributed by atoms with E-state index in [0.717, 1.165) is 11.8 Å². The predicted octanol–water partition coefficient (Wildman–Crippen LogP) is 3.55. The highest BCUT2D eigenvalue weighted by molar-refractivity contribution is 7.99. The molecule has 2 nitrogen and oxygen atoms in total. The highest BCUT2D eigenvalue weighted by atomic mass is 35.5. The molecule has 1 aromatic rings. The molecular weight excluding hydrogens is 263 g/mol. The van der Waals surface area contributed by atoms with Crippen LogP contribution in [-0.4, -0.2) is 18.7 Å². The van der Waals surface area contributed by atoms with Gasteiger partial charge in [-0.25, -0.2) is 0 Å². The maximum absolute atomic E-state index is 11.7. The van der Waals surface area contributed by atoms with Crippen molar-refractivity contribution in [1.82, 2.24) is 0 Å². The van der Waals surface area contributed by atoms with Crippen LogP contribution < -0.4 is 5.73 Å². The van der Waals surface area contributed by atoms with Crippen molar-refractivity contribution in [1.29, 1.82) is 0 Å². The number of hydrogen-bond donors (Lipinski definition) is 1. The molecule has 0 aliphatic heterocycles. The number of nitrogens with two attached hydrogens (primary N) is 1. The van der Waals surface area contributed by atoms with Gasteiger partial charge in [0.05, 0.1) is 11.0 Å². The van der Waals surface area contributed by atoms with Crippen LogP contribution in [0.2, 0.25) is 5.02 Å². The molecule has 0 saturated carbocycles. The van der Waals surface area contributed by atoms with Gasteiger partial charge in [0.25, 0.3) is 0 Å². The van der Waals surface area contributed by atoms with Gasteiger partial charge >= 0.3 is 6.18 Å². The van der Waals surface area contributed by atoms with Crippen molar-refractivity contribution < 1.29 is 17.9 Å². The fourth-order valence-electron chi connectivity index (χ4n) is 0.893. The van der Waals surface area contributed by atoms with Crippen molar-refractivity contribution >= 4 is 29.1 Å². The molecule has 0 amide bonds. The van der Waals surface area contributed by atoms with Gasteiger partial charge in [0.2, 0.25) is 0 Å². The molecule has 0 aliphatic rings. The van der Waals surface area contributed by atoms with E-state index in [2.05, 4.69) is 4.74 Å². The first-order valence-electron chi connectivity index (χ1n) is 4.21. The lowest BCUT2D eigenvalue weighted by molar-refractivity contribution is -0.168. The number of ether oxygens (including phenoxy) is 1. The van der Waals surface area contributed by atoms with Crippen molar-refractivity contribution in [2.45, 2.75) is 11.1 Å². The second-order valence-electron chi connectivity index (χ2n) is 2.92. The third-order valence-electron chi connectivity index (χ3n) is 1.52. The Hall–Kier alpha value is -0.590. The second kappa shape index (κ2) is 5.65. The number of anilines is 1. The van der Waals surface area contributed by atoms with Crippen molar-refractivity contribution in [3.8, 4) is 0 Å². The summed E-state index contributed by atoms with van der Waals surface area (Å²) in [7, 11) is 0. The van der Waals surface area contributed by atoms with Crippen LogP contribution in [0, 0.1) is 0 Å². The number of thioether (sulfide) groups is 1. The topological polar surface area (TPSA) is 35.2 Å². The maximum Gasteiger partial charge on any atom is 0.411 e. The summed E-state index contributed by atoms with van der Waals surface area (Å²) in [5, 5.41) is 0.440. The SMILES string of the molecule is Nc1ccc(Cl)c(SCOCC(F)(F)F)c1. The molecule has 0 aliphatic carbocycles. The molecule has 0 fully saturated rings. The molecule has 0 saturated heterocycles. The molecule has 0 aromatic heterocycles. The lowest BCUT2D eigenvalue weighted by Gasteiger charge is -2.08. The van der Waals surface area contributed by atoms with Crippen LogP contribution in [0.15, 0.2) is 23.1 Å². The van der Waals surface area contributed by atoms with Crippen LogP contribution >= 0.6 is 23.4 Å². The third-order valence-corrected chi connectivity index (χ3v) is 2.89. The van der Waals surface area contributed by atoms with Gasteiger partial charge in [-0.3, -0.25) is 0 Å². The summed E-state index contributed by atoms with van der Waals surface area (Å²) in [5.74, 6) is -0.122. The van der Waals surface area contributed by atoms with E-state index in [1.54, 1.807) is 18.2 Å². The van der Waals surface area contributed by atoms with Crippen molar-refractivity contribution in [2.75, 3.05) is 18.3 Å². The summed E-state index contributed by atoms with van der Waals surface area (Å²) in [6.07, 6.45) is -4.31. The predicted molar refractivity (Wildman–Crippen MR) is 58.6 cm³/mol. The quantitative estimate of drug-likeness (QED) is 0.394. The summed E-state index contributed by atoms with van der Waals surface area (Å²) < 4.78 is 39.7. The van der Waals surface area contributed by atoms with Crippen LogP contribution in [0.5, 0.6) is 0 Å². The molecule has 0 heterocycles. The van der Waals surface area contributed by atoms with E-state index >= 15 is 0 Å². The van der Waals surface area contributed by atoms with E-state index in [1.165, 1.54) is 0 Å². The Morgan fingerprint density at radius 3 is 2.69 bits per heavy atom. The lowest BCUT2D eigenvalue weighted by Crippen LogP contribution is -2.16. The van der Waals surface area contributed by atoms with Gasteiger partial charge in [0.1, 0.15) is 6.61 Å². The van der Waals surface area contributed by atoms with Gasteiger partial charge < -0.3 is 10.5 Å². The molecule has 0 radical (unpaired) electrons. The average Bonchev–Trinajstić information content (AvgIpc) is 2.16. The summed E-state index contributed by atoms with van der Waals surface area (Å²) in [4.78, 5) is 0.601. The Morgan fingerprint density at radius 1 is 1.38 bits per heavy atom. The third kappa shape index (κ3) is 4.96. The van der Waals surface area contributed by atoms with E-state index < -0.39 is 12.8 Å². The molecule has 0 spiro atoms. The lowest BCUT2D eigenvalue weighted by atomic mass is 10.3. The van der Waals surface area contributed by atoms with Gasteiger partial charge in [0.15, 0.2) is 0 Å². The Kier molecular flexibility index (Phi) is 4.76. The van der Waals surface area contributed by atoms with Gasteiger partial charge in [0, 0.05) is 10.6 Å². The number of benzene rings is 1. The normalized spacial score (nSPS) is 11.8. The smallest absolute Gasteiger partial charge is 0.399 e. The number of rotatable bonds is 4. The monoisotopic (exact) mass is 271 g/mol. The van der Waals surface area contributed by atoms with Gasteiger partial charge in [-0.1, -0.05) is 23.4 Å². The second-order valence-corrected chi connectivity index (χ2v) is 4.29. The molecule has 2 N–H and O–H groups in total. The molecule has 90 valence electrons. The number of alkyl halides is 3. The standard InChI is InChI=1S/C9H9ClF3NOS/c10-7-2-1-6(14)3-8(7)16-5-15-4-9(11,12)13/h1-3H,4-5,14H2. The van der Waals surface area contributed by atoms with Crippen LogP contribution in [0.25, 0.3) is 0 Å². The minimum atomic E-state index is -4.31. The maximum atomic E-state index is 11.7. The molecular formula is C9H9ClF3NOS. The zero-order chi connectivity index (χ0) is 12.2. The number of nitrogen functional groups attached to an aromatic ring is 1. The largest absolute Gasteiger partial charge is 0.411 e. The highest BCUT2D eigenvalue weighted by Gasteiger charge is 2.27. The van der Waals surface area contributed by atoms with E-state index in [1.807, 2.05) is 0 Å².